The highest BCUT2D eigenvalue weighted by Gasteiger charge is 2.43. The number of halogens is 1. The van der Waals surface area contributed by atoms with Crippen molar-refractivity contribution in [1.29, 1.82) is 0 Å². The molecule has 1 N–H and O–H groups in total. The van der Waals surface area contributed by atoms with Crippen LogP contribution < -0.4 is 0 Å². The molecule has 0 saturated heterocycles. The SMILES string of the molecule is COC(CN1C(=O)C(O)=C(C(C)=O)[C@@H]1c1cccc(F)c1)OC. The van der Waals surface area contributed by atoms with Gasteiger partial charge in [-0.15, -0.1) is 0 Å². The van der Waals surface area contributed by atoms with Crippen LogP contribution in [0.15, 0.2) is 35.6 Å². The Labute approximate surface area is 133 Å². The molecule has 0 aliphatic carbocycles. The molecule has 1 heterocycles. The van der Waals surface area contributed by atoms with Gasteiger partial charge >= 0.3 is 0 Å². The number of Topliss-reactive ketones (excluding diaryl/α,β-unsaturated/α-hetero) is 1. The minimum absolute atomic E-state index is 0.0200. The number of amides is 1. The minimum Gasteiger partial charge on any atom is -0.503 e. The first-order valence-corrected chi connectivity index (χ1v) is 6.96. The summed E-state index contributed by atoms with van der Waals surface area (Å²) in [4.78, 5) is 25.4. The van der Waals surface area contributed by atoms with E-state index < -0.39 is 35.6 Å². The summed E-state index contributed by atoms with van der Waals surface area (Å²) in [5.41, 5.74) is 0.324. The summed E-state index contributed by atoms with van der Waals surface area (Å²) in [7, 11) is 2.82. The third-order valence-electron chi connectivity index (χ3n) is 3.72. The van der Waals surface area contributed by atoms with E-state index in [2.05, 4.69) is 0 Å². The molecule has 7 heteroatoms. The second kappa shape index (κ2) is 6.89. The largest absolute Gasteiger partial charge is 0.503 e. The first-order valence-electron chi connectivity index (χ1n) is 6.96. The monoisotopic (exact) mass is 323 g/mol. The predicted molar refractivity (Wildman–Crippen MR) is 79.0 cm³/mol. The number of rotatable bonds is 6. The van der Waals surface area contributed by atoms with Crippen molar-refractivity contribution < 1.29 is 28.6 Å². The van der Waals surface area contributed by atoms with Gasteiger partial charge in [0.25, 0.3) is 5.91 Å². The molecular formula is C16H18FNO5. The zero-order chi connectivity index (χ0) is 17.1. The van der Waals surface area contributed by atoms with E-state index in [1.165, 1.54) is 44.2 Å². The predicted octanol–water partition coefficient (Wildman–Crippen LogP) is 1.73. The van der Waals surface area contributed by atoms with Crippen molar-refractivity contribution in [3.05, 3.63) is 47.0 Å². The van der Waals surface area contributed by atoms with E-state index >= 15 is 0 Å². The fraction of sp³-hybridized carbons (Fsp3) is 0.375. The Morgan fingerprint density at radius 3 is 2.57 bits per heavy atom. The molecule has 1 atom stereocenters. The lowest BCUT2D eigenvalue weighted by Gasteiger charge is -2.29. The number of nitrogens with zero attached hydrogens (tertiary/aromatic N) is 1. The fourth-order valence-electron chi connectivity index (χ4n) is 2.63. The number of benzene rings is 1. The second-order valence-corrected chi connectivity index (χ2v) is 5.13. The van der Waals surface area contributed by atoms with Crippen LogP contribution in [0.1, 0.15) is 18.5 Å². The van der Waals surface area contributed by atoms with Crippen LogP contribution in [-0.4, -0.2) is 48.8 Å². The molecule has 0 unspecified atom stereocenters. The topological polar surface area (TPSA) is 76.1 Å². The molecule has 0 aromatic heterocycles. The third kappa shape index (κ3) is 3.25. The number of carbonyl (C=O) groups excluding carboxylic acids is 2. The van der Waals surface area contributed by atoms with Crippen molar-refractivity contribution in [3.63, 3.8) is 0 Å². The van der Waals surface area contributed by atoms with E-state index in [0.29, 0.717) is 5.56 Å². The highest BCUT2D eigenvalue weighted by atomic mass is 19.1. The highest BCUT2D eigenvalue weighted by molar-refractivity contribution is 6.08. The number of ether oxygens (including phenoxy) is 2. The van der Waals surface area contributed by atoms with Crippen molar-refractivity contribution in [2.45, 2.75) is 19.3 Å². The molecule has 1 amide bonds. The molecule has 124 valence electrons. The van der Waals surface area contributed by atoms with E-state index in [1.54, 1.807) is 6.07 Å². The number of aliphatic hydroxyl groups excluding tert-OH is 1. The number of hydrogen-bond donors (Lipinski definition) is 1. The zero-order valence-electron chi connectivity index (χ0n) is 13.1. The molecule has 0 bridgehead atoms. The summed E-state index contributed by atoms with van der Waals surface area (Å²) < 4.78 is 23.7. The van der Waals surface area contributed by atoms with Crippen LogP contribution >= 0.6 is 0 Å². The van der Waals surface area contributed by atoms with Gasteiger partial charge in [-0.2, -0.15) is 0 Å². The third-order valence-corrected chi connectivity index (χ3v) is 3.72. The van der Waals surface area contributed by atoms with Crippen LogP contribution in [0.3, 0.4) is 0 Å². The van der Waals surface area contributed by atoms with Crippen molar-refractivity contribution in [2.24, 2.45) is 0 Å². The first-order chi connectivity index (χ1) is 10.9. The lowest BCUT2D eigenvalue weighted by Crippen LogP contribution is -2.38. The quantitative estimate of drug-likeness (QED) is 0.807. The Kier molecular flexibility index (Phi) is 5.12. The molecule has 6 nitrogen and oxygen atoms in total. The molecule has 0 saturated carbocycles. The summed E-state index contributed by atoms with van der Waals surface area (Å²) in [6, 6.07) is 4.66. The molecule has 23 heavy (non-hydrogen) atoms. The molecule has 1 aliphatic heterocycles. The minimum atomic E-state index is -0.886. The van der Waals surface area contributed by atoms with Gasteiger partial charge in [0.2, 0.25) is 0 Å². The van der Waals surface area contributed by atoms with E-state index in [0.717, 1.165) is 0 Å². The first kappa shape index (κ1) is 17.1. The Balaban J connectivity index is 2.49. The van der Waals surface area contributed by atoms with Crippen LogP contribution in [0.4, 0.5) is 4.39 Å². The van der Waals surface area contributed by atoms with Gasteiger partial charge in [-0.05, 0) is 24.6 Å². The Morgan fingerprint density at radius 1 is 1.39 bits per heavy atom. The maximum atomic E-state index is 13.5. The van der Waals surface area contributed by atoms with E-state index in [9.17, 15) is 19.1 Å². The maximum Gasteiger partial charge on any atom is 0.290 e. The molecule has 0 fully saturated rings. The van der Waals surface area contributed by atoms with Crippen molar-refractivity contribution >= 4 is 11.7 Å². The molecule has 1 aromatic rings. The lowest BCUT2D eigenvalue weighted by atomic mass is 9.96. The fourth-order valence-corrected chi connectivity index (χ4v) is 2.63. The van der Waals surface area contributed by atoms with Gasteiger partial charge in [0, 0.05) is 14.2 Å². The average Bonchev–Trinajstić information content (AvgIpc) is 2.77. The second-order valence-electron chi connectivity index (χ2n) is 5.13. The molecular weight excluding hydrogens is 305 g/mol. The van der Waals surface area contributed by atoms with Crippen LogP contribution in [0.2, 0.25) is 0 Å². The van der Waals surface area contributed by atoms with Gasteiger partial charge in [0.05, 0.1) is 18.2 Å². The Hall–Kier alpha value is -2.25. The highest BCUT2D eigenvalue weighted by Crippen LogP contribution is 2.37. The summed E-state index contributed by atoms with van der Waals surface area (Å²) in [5, 5.41) is 10.0. The number of hydrogen-bond acceptors (Lipinski definition) is 5. The number of carbonyl (C=O) groups is 2. The summed E-state index contributed by atoms with van der Waals surface area (Å²) in [5.74, 6) is -2.31. The summed E-state index contributed by atoms with van der Waals surface area (Å²) in [6.45, 7) is 1.23. The van der Waals surface area contributed by atoms with Gasteiger partial charge in [-0.1, -0.05) is 12.1 Å². The molecule has 2 rings (SSSR count). The van der Waals surface area contributed by atoms with Crippen LogP contribution in [0.25, 0.3) is 0 Å². The van der Waals surface area contributed by atoms with E-state index in [1.807, 2.05) is 0 Å². The number of ketones is 1. The van der Waals surface area contributed by atoms with Crippen LogP contribution in [0, 0.1) is 5.82 Å². The van der Waals surface area contributed by atoms with Gasteiger partial charge in [0.15, 0.2) is 17.8 Å². The number of aliphatic hydroxyl groups is 1. The van der Waals surface area contributed by atoms with Gasteiger partial charge in [-0.3, -0.25) is 9.59 Å². The standard InChI is InChI=1S/C16H18FNO5/c1-9(19)13-14(10-5-4-6-11(17)7-10)18(16(21)15(13)20)8-12(22-2)23-3/h4-7,12,14,20H,8H2,1-3H3/t14-/m0/s1. The zero-order valence-corrected chi connectivity index (χ0v) is 13.1. The van der Waals surface area contributed by atoms with Crippen LogP contribution in [0.5, 0.6) is 0 Å². The van der Waals surface area contributed by atoms with Crippen LogP contribution in [-0.2, 0) is 19.1 Å². The van der Waals surface area contributed by atoms with E-state index in [4.69, 9.17) is 9.47 Å². The van der Waals surface area contributed by atoms with Crippen molar-refractivity contribution in [2.75, 3.05) is 20.8 Å². The number of methoxy groups -OCH3 is 2. The summed E-state index contributed by atoms with van der Waals surface area (Å²) in [6.07, 6.45) is -0.742. The van der Waals surface area contributed by atoms with E-state index in [-0.39, 0.29) is 12.1 Å². The van der Waals surface area contributed by atoms with Gasteiger partial charge < -0.3 is 19.5 Å². The molecule has 1 aromatic carbocycles. The maximum absolute atomic E-state index is 13.5. The molecule has 1 aliphatic rings. The summed E-state index contributed by atoms with van der Waals surface area (Å²) >= 11 is 0. The van der Waals surface area contributed by atoms with Gasteiger partial charge in [-0.25, -0.2) is 4.39 Å². The van der Waals surface area contributed by atoms with Crippen molar-refractivity contribution in [3.8, 4) is 0 Å². The Morgan fingerprint density at radius 2 is 2.04 bits per heavy atom. The average molecular weight is 323 g/mol. The van der Waals surface area contributed by atoms with Gasteiger partial charge in [0.1, 0.15) is 5.82 Å². The smallest absolute Gasteiger partial charge is 0.290 e. The Bertz CT molecular complexity index is 654. The molecule has 0 spiro atoms. The van der Waals surface area contributed by atoms with Crippen molar-refractivity contribution in [1.82, 2.24) is 4.90 Å². The lowest BCUT2D eigenvalue weighted by molar-refractivity contribution is -0.144. The normalized spacial score (nSPS) is 18.2. The molecule has 0 radical (unpaired) electrons.